The van der Waals surface area contributed by atoms with Crippen LogP contribution in [0.5, 0.6) is 0 Å². The van der Waals surface area contributed by atoms with Gasteiger partial charge in [-0.15, -0.1) is 0 Å². The van der Waals surface area contributed by atoms with Gasteiger partial charge in [-0.05, 0) is 37.8 Å². The Bertz CT molecular complexity index is 450. The Balaban J connectivity index is 2.40. The van der Waals surface area contributed by atoms with E-state index in [0.717, 1.165) is 0 Å². The van der Waals surface area contributed by atoms with Crippen molar-refractivity contribution in [1.29, 1.82) is 0 Å². The zero-order valence-corrected chi connectivity index (χ0v) is 10.7. The van der Waals surface area contributed by atoms with Crippen LogP contribution in [0, 0.1) is 0 Å². The van der Waals surface area contributed by atoms with Crippen molar-refractivity contribution in [2.45, 2.75) is 51.4 Å². The summed E-state index contributed by atoms with van der Waals surface area (Å²) in [5.74, 6) is 0. The average Bonchev–Trinajstić information content (AvgIpc) is 2.31. The van der Waals surface area contributed by atoms with Crippen LogP contribution < -0.4 is 0 Å². The second kappa shape index (κ2) is 2.80. The largest absolute Gasteiger partial charge is 0.0632 e. The summed E-state index contributed by atoms with van der Waals surface area (Å²) >= 11 is 0. The fourth-order valence-corrected chi connectivity index (χ4v) is 3.82. The van der Waals surface area contributed by atoms with Gasteiger partial charge in [0.15, 0.2) is 0 Å². The second-order valence-corrected chi connectivity index (χ2v) is 5.96. The van der Waals surface area contributed by atoms with E-state index in [4.69, 9.17) is 0 Å². The van der Waals surface area contributed by atoms with E-state index in [1.54, 1.807) is 22.3 Å². The van der Waals surface area contributed by atoms with Crippen LogP contribution in [0.1, 0.15) is 51.7 Å². The molecule has 3 aliphatic carbocycles. The minimum absolute atomic E-state index is 0.304. The van der Waals surface area contributed by atoms with Crippen molar-refractivity contribution in [3.8, 4) is 0 Å². The van der Waals surface area contributed by atoms with Gasteiger partial charge in [0, 0.05) is 10.8 Å². The number of hydrogen-bond donors (Lipinski definition) is 0. The maximum atomic E-state index is 2.42. The van der Waals surface area contributed by atoms with Gasteiger partial charge < -0.3 is 0 Å². The number of benzene rings is 1. The lowest BCUT2D eigenvalue weighted by Gasteiger charge is -2.53. The molecule has 84 valence electrons. The third kappa shape index (κ3) is 0.917. The lowest BCUT2D eigenvalue weighted by Crippen LogP contribution is -2.45. The molecule has 0 heteroatoms. The third-order valence-corrected chi connectivity index (χ3v) is 5.46. The van der Waals surface area contributed by atoms with E-state index < -0.39 is 0 Å². The van der Waals surface area contributed by atoms with Crippen LogP contribution in [0.4, 0.5) is 0 Å². The van der Waals surface area contributed by atoms with Crippen LogP contribution in [-0.2, 0) is 10.8 Å². The number of rotatable bonds is 0. The van der Waals surface area contributed by atoms with E-state index in [2.05, 4.69) is 52.0 Å². The van der Waals surface area contributed by atoms with Gasteiger partial charge in [0.05, 0.1) is 0 Å². The quantitative estimate of drug-likeness (QED) is 0.561. The molecule has 0 saturated heterocycles. The Kier molecular flexibility index (Phi) is 1.77. The summed E-state index contributed by atoms with van der Waals surface area (Å²) in [6.45, 7) is 9.51. The Morgan fingerprint density at radius 2 is 1.19 bits per heavy atom. The Morgan fingerprint density at radius 1 is 0.812 bits per heavy atom. The van der Waals surface area contributed by atoms with E-state index in [9.17, 15) is 0 Å². The van der Waals surface area contributed by atoms with Crippen LogP contribution in [-0.4, -0.2) is 0 Å². The zero-order valence-electron chi connectivity index (χ0n) is 10.7. The third-order valence-electron chi connectivity index (χ3n) is 5.46. The van der Waals surface area contributed by atoms with Gasteiger partial charge in [0.25, 0.3) is 0 Å². The standard InChI is InChI=1S/C16H20/c1-11-12(2)16(4)10-9-15(11,3)13-7-5-6-8-14(13)16/h5-8H,9-10H2,1-4H3. The van der Waals surface area contributed by atoms with E-state index in [0.29, 0.717) is 10.8 Å². The van der Waals surface area contributed by atoms with Crippen molar-refractivity contribution in [3.05, 3.63) is 46.5 Å². The van der Waals surface area contributed by atoms with Crippen LogP contribution in [0.15, 0.2) is 35.4 Å². The molecule has 1 aromatic carbocycles. The van der Waals surface area contributed by atoms with Crippen molar-refractivity contribution >= 4 is 0 Å². The van der Waals surface area contributed by atoms with Crippen LogP contribution in [0.2, 0.25) is 0 Å². The molecule has 0 spiro atoms. The van der Waals surface area contributed by atoms with E-state index in [1.807, 2.05) is 0 Å². The molecular weight excluding hydrogens is 192 g/mol. The summed E-state index contributed by atoms with van der Waals surface area (Å²) < 4.78 is 0. The van der Waals surface area contributed by atoms with Gasteiger partial charge in [0.1, 0.15) is 0 Å². The minimum Gasteiger partial charge on any atom is -0.0632 e. The van der Waals surface area contributed by atoms with Crippen molar-refractivity contribution < 1.29 is 0 Å². The molecule has 2 unspecified atom stereocenters. The predicted octanol–water partition coefficient (Wildman–Crippen LogP) is 4.35. The number of allylic oxidation sites excluding steroid dienone is 2. The van der Waals surface area contributed by atoms with Gasteiger partial charge in [-0.1, -0.05) is 49.3 Å². The first-order valence-electron chi connectivity index (χ1n) is 6.28. The molecule has 0 heterocycles. The highest BCUT2D eigenvalue weighted by molar-refractivity contribution is 5.57. The molecule has 2 bridgehead atoms. The fourth-order valence-electron chi connectivity index (χ4n) is 3.82. The van der Waals surface area contributed by atoms with Crippen molar-refractivity contribution in [2.24, 2.45) is 0 Å². The topological polar surface area (TPSA) is 0 Å². The normalized spacial score (nSPS) is 36.5. The molecule has 0 saturated carbocycles. The molecule has 2 atom stereocenters. The summed E-state index contributed by atoms with van der Waals surface area (Å²) in [4.78, 5) is 0. The first-order chi connectivity index (χ1) is 7.50. The first kappa shape index (κ1) is 10.1. The smallest absolute Gasteiger partial charge is 0.0137 e. The first-order valence-corrected chi connectivity index (χ1v) is 6.28. The number of hydrogen-bond acceptors (Lipinski definition) is 0. The Labute approximate surface area is 98.4 Å². The van der Waals surface area contributed by atoms with Gasteiger partial charge in [0.2, 0.25) is 0 Å². The monoisotopic (exact) mass is 212 g/mol. The summed E-state index contributed by atoms with van der Waals surface area (Å²) in [6, 6.07) is 9.05. The van der Waals surface area contributed by atoms with Crippen LogP contribution >= 0.6 is 0 Å². The van der Waals surface area contributed by atoms with E-state index in [1.165, 1.54) is 12.8 Å². The van der Waals surface area contributed by atoms with Crippen molar-refractivity contribution in [3.63, 3.8) is 0 Å². The Morgan fingerprint density at radius 3 is 1.56 bits per heavy atom. The Hall–Kier alpha value is -1.04. The molecule has 0 amide bonds. The summed E-state index contributed by atoms with van der Waals surface area (Å²) in [5, 5.41) is 0. The van der Waals surface area contributed by atoms with Gasteiger partial charge in [-0.25, -0.2) is 0 Å². The van der Waals surface area contributed by atoms with E-state index >= 15 is 0 Å². The van der Waals surface area contributed by atoms with Crippen molar-refractivity contribution in [2.75, 3.05) is 0 Å². The SMILES string of the molecule is CC1=C(C)C2(C)CCC1(C)c1ccccc12. The van der Waals surface area contributed by atoms with Gasteiger partial charge in [-0.2, -0.15) is 0 Å². The molecule has 0 aromatic heterocycles. The van der Waals surface area contributed by atoms with Gasteiger partial charge in [-0.3, -0.25) is 0 Å². The van der Waals surface area contributed by atoms with Crippen molar-refractivity contribution in [1.82, 2.24) is 0 Å². The van der Waals surface area contributed by atoms with Crippen LogP contribution in [0.3, 0.4) is 0 Å². The molecule has 1 aromatic rings. The number of fused-ring (bicyclic) bond motifs is 1. The van der Waals surface area contributed by atoms with Crippen LogP contribution in [0.25, 0.3) is 0 Å². The minimum atomic E-state index is 0.304. The maximum absolute atomic E-state index is 2.42. The molecule has 16 heavy (non-hydrogen) atoms. The van der Waals surface area contributed by atoms with E-state index in [-0.39, 0.29) is 0 Å². The summed E-state index contributed by atoms with van der Waals surface area (Å²) in [6.07, 6.45) is 2.62. The fraction of sp³-hybridized carbons (Fsp3) is 0.500. The lowest BCUT2D eigenvalue weighted by molar-refractivity contribution is 0.317. The molecule has 0 radical (unpaired) electrons. The molecule has 3 aliphatic rings. The highest BCUT2D eigenvalue weighted by atomic mass is 14.5. The predicted molar refractivity (Wildman–Crippen MR) is 68.8 cm³/mol. The second-order valence-electron chi connectivity index (χ2n) is 5.96. The summed E-state index contributed by atoms with van der Waals surface area (Å²) in [7, 11) is 0. The van der Waals surface area contributed by atoms with Gasteiger partial charge >= 0.3 is 0 Å². The maximum Gasteiger partial charge on any atom is 0.0137 e. The zero-order chi connectivity index (χ0) is 11.6. The molecule has 0 N–H and O–H groups in total. The molecule has 0 nitrogen and oxygen atoms in total. The highest BCUT2D eigenvalue weighted by Crippen LogP contribution is 2.58. The molecule has 0 aliphatic heterocycles. The molecule has 0 fully saturated rings. The summed E-state index contributed by atoms with van der Waals surface area (Å²) in [5.41, 5.74) is 6.98. The average molecular weight is 212 g/mol. The highest BCUT2D eigenvalue weighted by Gasteiger charge is 2.49. The lowest BCUT2D eigenvalue weighted by atomic mass is 9.51. The molecular formula is C16H20. The molecule has 4 rings (SSSR count).